The maximum atomic E-state index is 11.8. The van der Waals surface area contributed by atoms with Crippen LogP contribution in [0, 0.1) is 0 Å². The van der Waals surface area contributed by atoms with Crippen LogP contribution in [0.2, 0.25) is 0 Å². The average molecular weight is 474 g/mol. The fourth-order valence-corrected chi connectivity index (χ4v) is 3.10. The van der Waals surface area contributed by atoms with Crippen molar-refractivity contribution in [3.05, 3.63) is 0 Å². The summed E-state index contributed by atoms with van der Waals surface area (Å²) in [6.45, 7) is 15.5. The number of carbonyl (C=O) groups is 3. The van der Waals surface area contributed by atoms with Gasteiger partial charge in [0.05, 0.1) is 0 Å². The molecule has 0 bridgehead atoms. The molecule has 194 valence electrons. The second kappa shape index (κ2) is 14.9. The molecule has 0 fully saturated rings. The molecule has 0 aromatic carbocycles. The van der Waals surface area contributed by atoms with E-state index in [2.05, 4.69) is 10.6 Å². The summed E-state index contributed by atoms with van der Waals surface area (Å²) in [5.74, 6) is 0. The zero-order valence-corrected chi connectivity index (χ0v) is 22.0. The molecule has 2 atom stereocenters. The zero-order chi connectivity index (χ0) is 25.7. The van der Waals surface area contributed by atoms with E-state index in [0.29, 0.717) is 19.5 Å². The molecule has 33 heavy (non-hydrogen) atoms. The first-order chi connectivity index (χ1) is 15.1. The second-order valence-electron chi connectivity index (χ2n) is 10.7. The van der Waals surface area contributed by atoms with Gasteiger partial charge in [-0.25, -0.2) is 14.4 Å². The van der Waals surface area contributed by atoms with Crippen molar-refractivity contribution in [2.45, 2.75) is 124 Å². The van der Waals surface area contributed by atoms with E-state index in [-0.39, 0.29) is 18.2 Å². The Morgan fingerprint density at radius 1 is 0.727 bits per heavy atom. The maximum Gasteiger partial charge on any atom is 0.407 e. The molecule has 0 heterocycles. The molecule has 0 saturated carbocycles. The number of alkyl carbamates (subject to hydrolysis) is 2. The predicted octanol–water partition coefficient (Wildman–Crippen LogP) is 5.52. The SMILES string of the molecule is CC(CCCCCCCN(CCC(C)NC(=O)OC(C)(C)C)C(=O)O)NC(=O)OC(C)(C)C. The number of hydrogen-bond acceptors (Lipinski definition) is 5. The lowest BCUT2D eigenvalue weighted by molar-refractivity contribution is 0.0492. The van der Waals surface area contributed by atoms with Crippen LogP contribution in [-0.2, 0) is 9.47 Å². The Labute approximate surface area is 199 Å². The number of unbranched alkanes of at least 4 members (excludes halogenated alkanes) is 4. The van der Waals surface area contributed by atoms with Crippen LogP contribution < -0.4 is 10.6 Å². The van der Waals surface area contributed by atoms with Crippen LogP contribution in [0.25, 0.3) is 0 Å². The van der Waals surface area contributed by atoms with Gasteiger partial charge in [0.25, 0.3) is 0 Å². The molecule has 0 rings (SSSR count). The van der Waals surface area contributed by atoms with Crippen molar-refractivity contribution in [3.63, 3.8) is 0 Å². The Hall–Kier alpha value is -2.19. The van der Waals surface area contributed by atoms with Crippen LogP contribution >= 0.6 is 0 Å². The van der Waals surface area contributed by atoms with Gasteiger partial charge >= 0.3 is 18.3 Å². The van der Waals surface area contributed by atoms with E-state index in [0.717, 1.165) is 38.5 Å². The lowest BCUT2D eigenvalue weighted by Crippen LogP contribution is -2.40. The molecule has 2 unspecified atom stereocenters. The van der Waals surface area contributed by atoms with Crippen molar-refractivity contribution >= 4 is 18.3 Å². The third kappa shape index (κ3) is 19.0. The van der Waals surface area contributed by atoms with Gasteiger partial charge < -0.3 is 30.1 Å². The van der Waals surface area contributed by atoms with E-state index < -0.39 is 23.4 Å². The number of rotatable bonds is 13. The number of carboxylic acid groups (broad SMARTS) is 1. The topological polar surface area (TPSA) is 117 Å². The molecule has 0 aliphatic carbocycles. The van der Waals surface area contributed by atoms with Crippen LogP contribution in [0.15, 0.2) is 0 Å². The average Bonchev–Trinajstić information content (AvgIpc) is 2.59. The Morgan fingerprint density at radius 3 is 1.61 bits per heavy atom. The van der Waals surface area contributed by atoms with Crippen molar-refractivity contribution in [2.24, 2.45) is 0 Å². The minimum atomic E-state index is -0.943. The summed E-state index contributed by atoms with van der Waals surface area (Å²) >= 11 is 0. The van der Waals surface area contributed by atoms with Crippen molar-refractivity contribution in [2.75, 3.05) is 13.1 Å². The molecule has 0 spiro atoms. The first kappa shape index (κ1) is 30.8. The Bertz CT molecular complexity index is 598. The number of nitrogens with zero attached hydrogens (tertiary/aromatic N) is 1. The van der Waals surface area contributed by atoms with Crippen LogP contribution in [0.5, 0.6) is 0 Å². The van der Waals surface area contributed by atoms with E-state index in [4.69, 9.17) is 9.47 Å². The molecule has 9 nitrogen and oxygen atoms in total. The number of nitrogens with one attached hydrogen (secondary N) is 2. The minimum absolute atomic E-state index is 0.0543. The largest absolute Gasteiger partial charge is 0.465 e. The lowest BCUT2D eigenvalue weighted by atomic mass is 10.1. The lowest BCUT2D eigenvalue weighted by Gasteiger charge is -2.24. The summed E-state index contributed by atoms with van der Waals surface area (Å²) < 4.78 is 10.5. The van der Waals surface area contributed by atoms with Gasteiger partial charge in [-0.05, 0) is 74.7 Å². The van der Waals surface area contributed by atoms with Gasteiger partial charge in [0.1, 0.15) is 11.2 Å². The monoisotopic (exact) mass is 473 g/mol. The van der Waals surface area contributed by atoms with E-state index in [1.165, 1.54) is 4.90 Å². The Kier molecular flexibility index (Phi) is 13.9. The summed E-state index contributed by atoms with van der Waals surface area (Å²) in [5, 5.41) is 15.0. The molecule has 3 N–H and O–H groups in total. The Balaban J connectivity index is 4.00. The molecule has 9 heteroatoms. The van der Waals surface area contributed by atoms with Crippen molar-refractivity contribution in [1.29, 1.82) is 0 Å². The summed E-state index contributed by atoms with van der Waals surface area (Å²) in [4.78, 5) is 36.5. The predicted molar refractivity (Wildman–Crippen MR) is 130 cm³/mol. The van der Waals surface area contributed by atoms with Crippen LogP contribution in [0.4, 0.5) is 14.4 Å². The standard InChI is InChI=1S/C24H47N3O6/c1-18(25-20(28)32-23(3,4)5)14-12-10-9-11-13-16-27(22(30)31)17-15-19(2)26-21(29)33-24(6,7)8/h18-19H,9-17H2,1-8H3,(H,25,28)(H,26,29)(H,30,31). The highest BCUT2D eigenvalue weighted by Crippen LogP contribution is 2.11. The first-order valence-electron chi connectivity index (χ1n) is 12.1. The van der Waals surface area contributed by atoms with E-state index in [1.54, 1.807) is 20.8 Å². The highest BCUT2D eigenvalue weighted by Gasteiger charge is 2.19. The highest BCUT2D eigenvalue weighted by atomic mass is 16.6. The quantitative estimate of drug-likeness (QED) is 0.303. The van der Waals surface area contributed by atoms with Gasteiger partial charge in [-0.1, -0.05) is 25.7 Å². The van der Waals surface area contributed by atoms with Crippen molar-refractivity contribution in [3.8, 4) is 0 Å². The second-order valence-corrected chi connectivity index (χ2v) is 10.7. The van der Waals surface area contributed by atoms with Gasteiger partial charge in [0.2, 0.25) is 0 Å². The molecule has 0 aliphatic rings. The summed E-state index contributed by atoms with van der Waals surface area (Å²) in [5.41, 5.74) is -1.07. The molecule has 3 amide bonds. The normalized spacial score (nSPS) is 13.6. The minimum Gasteiger partial charge on any atom is -0.465 e. The maximum absolute atomic E-state index is 11.8. The van der Waals surface area contributed by atoms with E-state index >= 15 is 0 Å². The first-order valence-corrected chi connectivity index (χ1v) is 12.1. The summed E-state index contributed by atoms with van der Waals surface area (Å²) in [7, 11) is 0. The van der Waals surface area contributed by atoms with E-state index in [9.17, 15) is 19.5 Å². The van der Waals surface area contributed by atoms with Crippen molar-refractivity contribution in [1.82, 2.24) is 15.5 Å². The van der Waals surface area contributed by atoms with E-state index in [1.807, 2.05) is 34.6 Å². The molecular weight excluding hydrogens is 426 g/mol. The molecule has 0 aromatic rings. The van der Waals surface area contributed by atoms with Gasteiger partial charge in [-0.2, -0.15) is 0 Å². The van der Waals surface area contributed by atoms with Crippen LogP contribution in [0.3, 0.4) is 0 Å². The fraction of sp³-hybridized carbons (Fsp3) is 0.875. The summed E-state index contributed by atoms with van der Waals surface area (Å²) in [6.07, 6.45) is 4.36. The molecule has 0 aromatic heterocycles. The third-order valence-electron chi connectivity index (χ3n) is 4.69. The Morgan fingerprint density at radius 2 is 1.15 bits per heavy atom. The number of hydrogen-bond donors (Lipinski definition) is 3. The number of carbonyl (C=O) groups excluding carboxylic acids is 2. The zero-order valence-electron chi connectivity index (χ0n) is 22.0. The molecule has 0 aliphatic heterocycles. The van der Waals surface area contributed by atoms with Gasteiger partial charge in [0, 0.05) is 25.2 Å². The molecule has 0 radical (unpaired) electrons. The van der Waals surface area contributed by atoms with Crippen LogP contribution in [0.1, 0.15) is 100 Å². The third-order valence-corrected chi connectivity index (χ3v) is 4.69. The number of amides is 3. The fourth-order valence-electron chi connectivity index (χ4n) is 3.10. The molecule has 0 saturated heterocycles. The van der Waals surface area contributed by atoms with Gasteiger partial charge in [-0.15, -0.1) is 0 Å². The smallest absolute Gasteiger partial charge is 0.407 e. The highest BCUT2D eigenvalue weighted by molar-refractivity contribution is 5.68. The number of ether oxygens (including phenoxy) is 2. The van der Waals surface area contributed by atoms with Gasteiger partial charge in [-0.3, -0.25) is 0 Å². The summed E-state index contributed by atoms with van der Waals surface area (Å²) in [6, 6.07) is -0.128. The van der Waals surface area contributed by atoms with Crippen molar-refractivity contribution < 1.29 is 29.0 Å². The van der Waals surface area contributed by atoms with Gasteiger partial charge in [0.15, 0.2) is 0 Å². The van der Waals surface area contributed by atoms with Crippen LogP contribution in [-0.4, -0.2) is 64.7 Å². The molecular formula is C24H47N3O6.